The predicted octanol–water partition coefficient (Wildman–Crippen LogP) is 1.71. The standard InChI is InChI=1S/C15H30N2O/c1-12(2)9-17-10-14(5-6-18)7-15(11-17)16-8-13-3-4-13/h12-16,18H,3-11H2,1-2H3. The maximum absolute atomic E-state index is 9.16. The van der Waals surface area contributed by atoms with E-state index in [1.807, 2.05) is 0 Å². The van der Waals surface area contributed by atoms with Crippen LogP contribution >= 0.6 is 0 Å². The second-order valence-electron chi connectivity index (χ2n) is 6.77. The zero-order chi connectivity index (χ0) is 13.0. The normalized spacial score (nSPS) is 30.0. The maximum Gasteiger partial charge on any atom is 0.0434 e. The molecule has 0 aromatic heterocycles. The lowest BCUT2D eigenvalue weighted by molar-refractivity contribution is 0.110. The van der Waals surface area contributed by atoms with Gasteiger partial charge in [0.1, 0.15) is 0 Å². The molecule has 2 N–H and O–H groups in total. The Kier molecular flexibility index (Phi) is 5.46. The number of aliphatic hydroxyl groups is 1. The Morgan fingerprint density at radius 3 is 2.61 bits per heavy atom. The number of nitrogens with one attached hydrogen (secondary N) is 1. The molecule has 3 nitrogen and oxygen atoms in total. The van der Waals surface area contributed by atoms with Gasteiger partial charge in [0.25, 0.3) is 0 Å². The topological polar surface area (TPSA) is 35.5 Å². The van der Waals surface area contributed by atoms with Crippen molar-refractivity contribution in [3.8, 4) is 0 Å². The Labute approximate surface area is 112 Å². The Hall–Kier alpha value is -0.120. The quantitative estimate of drug-likeness (QED) is 0.726. The summed E-state index contributed by atoms with van der Waals surface area (Å²) in [4.78, 5) is 2.60. The van der Waals surface area contributed by atoms with E-state index in [4.69, 9.17) is 5.11 Å². The van der Waals surface area contributed by atoms with Crippen LogP contribution < -0.4 is 5.32 Å². The average Bonchev–Trinajstić information content (AvgIpc) is 3.09. The lowest BCUT2D eigenvalue weighted by Crippen LogP contribution is -2.50. The Morgan fingerprint density at radius 2 is 2.00 bits per heavy atom. The molecule has 0 amide bonds. The van der Waals surface area contributed by atoms with Crippen LogP contribution in [0.4, 0.5) is 0 Å². The van der Waals surface area contributed by atoms with Crippen LogP contribution in [0.2, 0.25) is 0 Å². The monoisotopic (exact) mass is 254 g/mol. The van der Waals surface area contributed by atoms with Gasteiger partial charge in [0, 0.05) is 32.3 Å². The molecule has 3 heteroatoms. The maximum atomic E-state index is 9.16. The number of nitrogens with zero attached hydrogens (tertiary/aromatic N) is 1. The van der Waals surface area contributed by atoms with Crippen LogP contribution in [-0.2, 0) is 0 Å². The van der Waals surface area contributed by atoms with Crippen molar-refractivity contribution < 1.29 is 5.11 Å². The summed E-state index contributed by atoms with van der Waals surface area (Å²) in [6.07, 6.45) is 5.07. The van der Waals surface area contributed by atoms with E-state index in [1.54, 1.807) is 0 Å². The highest BCUT2D eigenvalue weighted by molar-refractivity contribution is 4.86. The summed E-state index contributed by atoms with van der Waals surface area (Å²) in [7, 11) is 0. The summed E-state index contributed by atoms with van der Waals surface area (Å²) >= 11 is 0. The number of likely N-dealkylation sites (tertiary alicyclic amines) is 1. The molecule has 1 saturated heterocycles. The lowest BCUT2D eigenvalue weighted by Gasteiger charge is -2.39. The molecule has 0 spiro atoms. The summed E-state index contributed by atoms with van der Waals surface area (Å²) in [5.74, 6) is 2.38. The Bertz CT molecular complexity index is 241. The van der Waals surface area contributed by atoms with E-state index in [0.29, 0.717) is 18.6 Å². The molecule has 106 valence electrons. The van der Waals surface area contributed by atoms with E-state index in [2.05, 4.69) is 24.1 Å². The van der Waals surface area contributed by atoms with Gasteiger partial charge < -0.3 is 15.3 Å². The highest BCUT2D eigenvalue weighted by Gasteiger charge is 2.28. The Morgan fingerprint density at radius 1 is 1.22 bits per heavy atom. The van der Waals surface area contributed by atoms with Crippen LogP contribution in [0.5, 0.6) is 0 Å². The van der Waals surface area contributed by atoms with Crippen molar-refractivity contribution in [2.75, 3.05) is 32.8 Å². The largest absolute Gasteiger partial charge is 0.396 e. The predicted molar refractivity (Wildman–Crippen MR) is 75.6 cm³/mol. The minimum Gasteiger partial charge on any atom is -0.396 e. The number of hydrogen-bond donors (Lipinski definition) is 2. The first-order valence-corrected chi connectivity index (χ1v) is 7.74. The molecule has 1 aliphatic heterocycles. The first-order chi connectivity index (χ1) is 8.67. The van der Waals surface area contributed by atoms with Crippen molar-refractivity contribution in [3.63, 3.8) is 0 Å². The molecule has 1 aliphatic carbocycles. The number of rotatable bonds is 7. The van der Waals surface area contributed by atoms with Crippen LogP contribution in [0.15, 0.2) is 0 Å². The van der Waals surface area contributed by atoms with E-state index >= 15 is 0 Å². The van der Waals surface area contributed by atoms with Crippen LogP contribution in [0.3, 0.4) is 0 Å². The van der Waals surface area contributed by atoms with Crippen molar-refractivity contribution in [2.24, 2.45) is 17.8 Å². The van der Waals surface area contributed by atoms with Gasteiger partial charge in [-0.3, -0.25) is 0 Å². The van der Waals surface area contributed by atoms with Crippen LogP contribution in [0, 0.1) is 17.8 Å². The highest BCUT2D eigenvalue weighted by Crippen LogP contribution is 2.28. The summed E-state index contributed by atoms with van der Waals surface area (Å²) < 4.78 is 0. The van der Waals surface area contributed by atoms with Crippen LogP contribution in [0.1, 0.15) is 39.5 Å². The second kappa shape index (κ2) is 6.88. The first-order valence-electron chi connectivity index (χ1n) is 7.74. The fraction of sp³-hybridized carbons (Fsp3) is 1.00. The van der Waals surface area contributed by atoms with E-state index < -0.39 is 0 Å². The molecule has 0 radical (unpaired) electrons. The third-order valence-electron chi connectivity index (χ3n) is 4.17. The van der Waals surface area contributed by atoms with Gasteiger partial charge in [0.05, 0.1) is 0 Å². The molecule has 0 aromatic rings. The van der Waals surface area contributed by atoms with Gasteiger partial charge >= 0.3 is 0 Å². The SMILES string of the molecule is CC(C)CN1CC(CCO)CC(NCC2CC2)C1. The number of aliphatic hydroxyl groups excluding tert-OH is 1. The third-order valence-corrected chi connectivity index (χ3v) is 4.17. The summed E-state index contributed by atoms with van der Waals surface area (Å²) in [6, 6.07) is 0.648. The van der Waals surface area contributed by atoms with Crippen molar-refractivity contribution in [1.29, 1.82) is 0 Å². The molecule has 2 fully saturated rings. The van der Waals surface area contributed by atoms with Gasteiger partial charge in [-0.25, -0.2) is 0 Å². The van der Waals surface area contributed by atoms with E-state index in [0.717, 1.165) is 18.3 Å². The first kappa shape index (κ1) is 14.3. The zero-order valence-electron chi connectivity index (χ0n) is 12.1. The van der Waals surface area contributed by atoms with Crippen LogP contribution in [0.25, 0.3) is 0 Å². The van der Waals surface area contributed by atoms with Gasteiger partial charge in [0.15, 0.2) is 0 Å². The molecule has 2 aliphatic rings. The molecule has 0 aromatic carbocycles. The summed E-state index contributed by atoms with van der Waals surface area (Å²) in [5.41, 5.74) is 0. The molecule has 2 atom stereocenters. The highest BCUT2D eigenvalue weighted by atomic mass is 16.3. The summed E-state index contributed by atoms with van der Waals surface area (Å²) in [6.45, 7) is 9.73. The van der Waals surface area contributed by atoms with Crippen molar-refractivity contribution in [1.82, 2.24) is 10.2 Å². The lowest BCUT2D eigenvalue weighted by atomic mass is 9.91. The van der Waals surface area contributed by atoms with E-state index in [1.165, 1.54) is 45.4 Å². The van der Waals surface area contributed by atoms with E-state index in [9.17, 15) is 0 Å². The number of piperidine rings is 1. The molecule has 2 rings (SSSR count). The number of hydrogen-bond acceptors (Lipinski definition) is 3. The molecule has 18 heavy (non-hydrogen) atoms. The van der Waals surface area contributed by atoms with Gasteiger partial charge in [-0.05, 0) is 50.0 Å². The van der Waals surface area contributed by atoms with Gasteiger partial charge in [-0.1, -0.05) is 13.8 Å². The molecule has 1 saturated carbocycles. The fourth-order valence-corrected chi connectivity index (χ4v) is 3.16. The molecule has 0 bridgehead atoms. The minimum atomic E-state index is 0.343. The van der Waals surface area contributed by atoms with Gasteiger partial charge in [0.2, 0.25) is 0 Å². The zero-order valence-corrected chi connectivity index (χ0v) is 12.1. The smallest absolute Gasteiger partial charge is 0.0434 e. The van der Waals surface area contributed by atoms with Gasteiger partial charge in [-0.2, -0.15) is 0 Å². The van der Waals surface area contributed by atoms with Crippen LogP contribution in [-0.4, -0.2) is 48.8 Å². The molecular weight excluding hydrogens is 224 g/mol. The van der Waals surface area contributed by atoms with Crippen molar-refractivity contribution in [2.45, 2.75) is 45.6 Å². The average molecular weight is 254 g/mol. The fourth-order valence-electron chi connectivity index (χ4n) is 3.16. The minimum absolute atomic E-state index is 0.343. The molecule has 2 unspecified atom stereocenters. The molecule has 1 heterocycles. The van der Waals surface area contributed by atoms with Crippen molar-refractivity contribution >= 4 is 0 Å². The van der Waals surface area contributed by atoms with Gasteiger partial charge in [-0.15, -0.1) is 0 Å². The second-order valence-corrected chi connectivity index (χ2v) is 6.77. The van der Waals surface area contributed by atoms with Crippen molar-refractivity contribution in [3.05, 3.63) is 0 Å². The molecular formula is C15H30N2O. The third kappa shape index (κ3) is 4.87. The van der Waals surface area contributed by atoms with E-state index in [-0.39, 0.29) is 0 Å². The summed E-state index contributed by atoms with van der Waals surface area (Å²) in [5, 5.41) is 12.9. The Balaban J connectivity index is 1.79.